The van der Waals surface area contributed by atoms with E-state index >= 15 is 0 Å². The first kappa shape index (κ1) is 14.7. The Hall–Kier alpha value is -2.83. The van der Waals surface area contributed by atoms with Crippen molar-refractivity contribution in [3.63, 3.8) is 0 Å². The third-order valence-corrected chi connectivity index (χ3v) is 4.50. The molecule has 3 aromatic heterocycles. The molecule has 7 heteroatoms. The van der Waals surface area contributed by atoms with Gasteiger partial charge < -0.3 is 9.80 Å². The van der Waals surface area contributed by atoms with Gasteiger partial charge in [-0.05, 0) is 37.1 Å². The second-order valence-corrected chi connectivity index (χ2v) is 6.00. The van der Waals surface area contributed by atoms with Crippen LogP contribution in [0.5, 0.6) is 0 Å². The van der Waals surface area contributed by atoms with Gasteiger partial charge in [0.05, 0.1) is 0 Å². The molecule has 24 heavy (non-hydrogen) atoms. The molecule has 0 spiro atoms. The molecule has 0 amide bonds. The van der Waals surface area contributed by atoms with Crippen molar-refractivity contribution in [1.29, 1.82) is 0 Å². The van der Waals surface area contributed by atoms with Crippen molar-refractivity contribution in [2.45, 2.75) is 18.9 Å². The Kier molecular flexibility index (Phi) is 3.90. The monoisotopic (exact) mass is 321 g/mol. The number of likely N-dealkylation sites (N-methyl/N-ethyl adjacent to an activating group) is 1. The van der Waals surface area contributed by atoms with E-state index in [1.54, 1.807) is 18.6 Å². The van der Waals surface area contributed by atoms with Gasteiger partial charge in [0.25, 0.3) is 0 Å². The van der Waals surface area contributed by atoms with Crippen LogP contribution in [0.2, 0.25) is 0 Å². The maximum Gasteiger partial charge on any atom is 0.180 e. The van der Waals surface area contributed by atoms with Crippen LogP contribution < -0.4 is 9.80 Å². The average molecular weight is 321 g/mol. The molecule has 4 rings (SSSR count). The van der Waals surface area contributed by atoms with Crippen LogP contribution in [0.15, 0.2) is 42.9 Å². The minimum Gasteiger partial charge on any atom is -0.355 e. The van der Waals surface area contributed by atoms with Crippen LogP contribution in [0, 0.1) is 0 Å². The van der Waals surface area contributed by atoms with E-state index in [2.05, 4.69) is 42.0 Å². The maximum atomic E-state index is 4.65. The third-order valence-electron chi connectivity index (χ3n) is 4.50. The Labute approximate surface area is 140 Å². The van der Waals surface area contributed by atoms with Gasteiger partial charge in [-0.2, -0.15) is 5.10 Å². The Bertz CT molecular complexity index is 823. The number of hydrogen-bond acceptors (Lipinski definition) is 7. The van der Waals surface area contributed by atoms with Crippen LogP contribution >= 0.6 is 0 Å². The highest BCUT2D eigenvalue weighted by atomic mass is 15.3. The molecule has 1 fully saturated rings. The number of pyridine rings is 1. The number of rotatable bonds is 3. The second kappa shape index (κ2) is 6.35. The second-order valence-electron chi connectivity index (χ2n) is 6.00. The molecule has 3 aromatic rings. The van der Waals surface area contributed by atoms with Gasteiger partial charge in [-0.1, -0.05) is 0 Å². The normalized spacial score (nSPS) is 17.9. The van der Waals surface area contributed by atoms with E-state index in [0.29, 0.717) is 11.7 Å². The SMILES string of the molecule is CN(c1ccc2nccnc2n1)C1CCCN(c2cccnn2)C1. The number of fused-ring (bicyclic) bond motifs is 1. The molecule has 7 nitrogen and oxygen atoms in total. The molecule has 1 unspecified atom stereocenters. The lowest BCUT2D eigenvalue weighted by molar-refractivity contribution is 0.482. The van der Waals surface area contributed by atoms with E-state index in [-0.39, 0.29) is 0 Å². The fourth-order valence-corrected chi connectivity index (χ4v) is 3.17. The van der Waals surface area contributed by atoms with E-state index in [1.165, 1.54) is 0 Å². The maximum absolute atomic E-state index is 4.65. The van der Waals surface area contributed by atoms with Gasteiger partial charge in [0.2, 0.25) is 0 Å². The van der Waals surface area contributed by atoms with Gasteiger partial charge in [-0.3, -0.25) is 4.98 Å². The summed E-state index contributed by atoms with van der Waals surface area (Å²) < 4.78 is 0. The Balaban J connectivity index is 1.55. The van der Waals surface area contributed by atoms with E-state index in [0.717, 1.165) is 43.1 Å². The Morgan fingerprint density at radius 2 is 2.04 bits per heavy atom. The average Bonchev–Trinajstić information content (AvgIpc) is 2.68. The summed E-state index contributed by atoms with van der Waals surface area (Å²) in [6.45, 7) is 1.93. The molecule has 1 aliphatic heterocycles. The minimum atomic E-state index is 0.377. The molecule has 1 atom stereocenters. The van der Waals surface area contributed by atoms with Gasteiger partial charge >= 0.3 is 0 Å². The highest BCUT2D eigenvalue weighted by molar-refractivity contribution is 5.71. The highest BCUT2D eigenvalue weighted by Gasteiger charge is 2.25. The van der Waals surface area contributed by atoms with Crippen molar-refractivity contribution in [2.24, 2.45) is 0 Å². The molecule has 4 heterocycles. The highest BCUT2D eigenvalue weighted by Crippen LogP contribution is 2.23. The third kappa shape index (κ3) is 2.84. The summed E-state index contributed by atoms with van der Waals surface area (Å²) in [4.78, 5) is 17.8. The van der Waals surface area contributed by atoms with E-state index in [1.807, 2.05) is 24.3 Å². The quantitative estimate of drug-likeness (QED) is 0.730. The van der Waals surface area contributed by atoms with E-state index in [4.69, 9.17) is 0 Å². The number of hydrogen-bond donors (Lipinski definition) is 0. The molecule has 1 aliphatic rings. The van der Waals surface area contributed by atoms with Crippen LogP contribution in [0.4, 0.5) is 11.6 Å². The number of nitrogens with zero attached hydrogens (tertiary/aromatic N) is 7. The van der Waals surface area contributed by atoms with Crippen molar-refractivity contribution in [3.8, 4) is 0 Å². The molecule has 0 N–H and O–H groups in total. The van der Waals surface area contributed by atoms with E-state index < -0.39 is 0 Å². The molecule has 0 saturated carbocycles. The summed E-state index contributed by atoms with van der Waals surface area (Å²) in [6, 6.07) is 8.31. The molecule has 0 aliphatic carbocycles. The van der Waals surface area contributed by atoms with Crippen molar-refractivity contribution < 1.29 is 0 Å². The van der Waals surface area contributed by atoms with Gasteiger partial charge in [0, 0.05) is 44.8 Å². The smallest absolute Gasteiger partial charge is 0.180 e. The summed E-state index contributed by atoms with van der Waals surface area (Å²) in [5, 5.41) is 8.22. The minimum absolute atomic E-state index is 0.377. The van der Waals surface area contributed by atoms with Gasteiger partial charge in [-0.25, -0.2) is 9.97 Å². The summed E-state index contributed by atoms with van der Waals surface area (Å²) in [5.41, 5.74) is 1.50. The lowest BCUT2D eigenvalue weighted by Gasteiger charge is -2.38. The van der Waals surface area contributed by atoms with Gasteiger partial charge in [0.1, 0.15) is 11.3 Å². The first-order chi connectivity index (χ1) is 11.8. The lowest BCUT2D eigenvalue weighted by Crippen LogP contribution is -2.47. The first-order valence-corrected chi connectivity index (χ1v) is 8.14. The predicted octanol–water partition coefficient (Wildman–Crippen LogP) is 1.92. The zero-order valence-corrected chi connectivity index (χ0v) is 13.6. The van der Waals surface area contributed by atoms with Crippen LogP contribution in [-0.2, 0) is 0 Å². The zero-order valence-electron chi connectivity index (χ0n) is 13.6. The molecule has 0 radical (unpaired) electrons. The van der Waals surface area contributed by atoms with Crippen LogP contribution in [0.3, 0.4) is 0 Å². The van der Waals surface area contributed by atoms with Crippen LogP contribution in [0.25, 0.3) is 11.2 Å². The fourth-order valence-electron chi connectivity index (χ4n) is 3.17. The summed E-state index contributed by atoms with van der Waals surface area (Å²) in [5.74, 6) is 1.86. The van der Waals surface area contributed by atoms with Gasteiger partial charge in [0.15, 0.2) is 11.5 Å². The first-order valence-electron chi connectivity index (χ1n) is 8.14. The largest absolute Gasteiger partial charge is 0.355 e. The topological polar surface area (TPSA) is 70.9 Å². The molecular weight excluding hydrogens is 302 g/mol. The molecular formula is C17H19N7. The zero-order chi connectivity index (χ0) is 16.4. The van der Waals surface area contributed by atoms with Crippen molar-refractivity contribution in [1.82, 2.24) is 25.1 Å². The molecule has 122 valence electrons. The fraction of sp³-hybridized carbons (Fsp3) is 0.353. The van der Waals surface area contributed by atoms with Crippen molar-refractivity contribution >= 4 is 22.8 Å². The standard InChI is InChI=1S/C17H19N7/c1-23(15-7-6-14-17(21-15)19-10-9-18-14)13-4-3-11-24(12-13)16-5-2-8-20-22-16/h2,5-10,13H,3-4,11-12H2,1H3. The molecule has 0 bridgehead atoms. The van der Waals surface area contributed by atoms with E-state index in [9.17, 15) is 0 Å². The van der Waals surface area contributed by atoms with Crippen LogP contribution in [0.1, 0.15) is 12.8 Å². The number of aromatic nitrogens is 5. The Morgan fingerprint density at radius 3 is 2.92 bits per heavy atom. The predicted molar refractivity (Wildman–Crippen MR) is 93.0 cm³/mol. The lowest BCUT2D eigenvalue weighted by atomic mass is 10.0. The number of piperidine rings is 1. The van der Waals surface area contributed by atoms with Crippen LogP contribution in [-0.4, -0.2) is 51.3 Å². The number of anilines is 2. The summed E-state index contributed by atoms with van der Waals surface area (Å²) in [7, 11) is 2.09. The van der Waals surface area contributed by atoms with Crippen molar-refractivity contribution in [3.05, 3.63) is 42.9 Å². The molecule has 0 aromatic carbocycles. The Morgan fingerprint density at radius 1 is 1.12 bits per heavy atom. The van der Waals surface area contributed by atoms with Gasteiger partial charge in [-0.15, -0.1) is 5.10 Å². The molecule has 1 saturated heterocycles. The summed E-state index contributed by atoms with van der Waals surface area (Å²) >= 11 is 0. The summed E-state index contributed by atoms with van der Waals surface area (Å²) in [6.07, 6.45) is 7.33. The van der Waals surface area contributed by atoms with Crippen molar-refractivity contribution in [2.75, 3.05) is 29.9 Å².